The van der Waals surface area contributed by atoms with E-state index in [1.807, 2.05) is 41.1 Å². The topological polar surface area (TPSA) is 75.0 Å². The molecule has 2 aromatic heterocycles. The van der Waals surface area contributed by atoms with Gasteiger partial charge in [-0.3, -0.25) is 0 Å². The molecule has 0 aliphatic carbocycles. The molecule has 0 amide bonds. The van der Waals surface area contributed by atoms with E-state index in [0.717, 1.165) is 23.2 Å². The summed E-state index contributed by atoms with van der Waals surface area (Å²) in [6.45, 7) is 1.59. The highest BCUT2D eigenvalue weighted by Crippen LogP contribution is 2.27. The Morgan fingerprint density at radius 3 is 2.74 bits per heavy atom. The first-order valence-electron chi connectivity index (χ1n) is 8.50. The number of benzene rings is 1. The van der Waals surface area contributed by atoms with Crippen molar-refractivity contribution in [3.63, 3.8) is 0 Å². The van der Waals surface area contributed by atoms with Crippen LogP contribution < -0.4 is 10.6 Å². The Bertz CT molecular complexity index is 881. The predicted molar refractivity (Wildman–Crippen MR) is 96.3 cm³/mol. The predicted octanol–water partition coefficient (Wildman–Crippen LogP) is 2.51. The Morgan fingerprint density at radius 1 is 1.11 bits per heavy atom. The number of fused-ring (bicyclic) bond motifs is 1. The first-order chi connectivity index (χ1) is 12.9. The molecule has 0 fully saturated rings. The Morgan fingerprint density at radius 2 is 1.93 bits per heavy atom. The fraction of sp³-hybridized carbons (Fsp3) is 0.333. The molecule has 2 heterocycles. The standard InChI is InChI=1S/C18H20F3N5O/c19-18(20,21)16-5-7-23-17(25-16)24-9-8-22-11-14(27)12-26-10-6-13-3-1-2-4-15(13)26/h1-7,10,14,22,27H,8-9,11-12H2,(H,23,24,25). The van der Waals surface area contributed by atoms with Gasteiger partial charge in [0.05, 0.1) is 6.10 Å². The second kappa shape index (κ2) is 8.36. The van der Waals surface area contributed by atoms with Crippen LogP contribution in [0.1, 0.15) is 5.69 Å². The summed E-state index contributed by atoms with van der Waals surface area (Å²) < 4.78 is 39.8. The number of aliphatic hydroxyl groups excluding tert-OH is 1. The summed E-state index contributed by atoms with van der Waals surface area (Å²) >= 11 is 0. The van der Waals surface area contributed by atoms with E-state index < -0.39 is 18.0 Å². The summed E-state index contributed by atoms with van der Waals surface area (Å²) in [6.07, 6.45) is -2.09. The number of aromatic nitrogens is 3. The van der Waals surface area contributed by atoms with Gasteiger partial charge in [-0.1, -0.05) is 18.2 Å². The van der Waals surface area contributed by atoms with Gasteiger partial charge in [-0.05, 0) is 23.6 Å². The number of aliphatic hydroxyl groups is 1. The van der Waals surface area contributed by atoms with Gasteiger partial charge in [-0.25, -0.2) is 9.97 Å². The molecule has 3 rings (SSSR count). The Balaban J connectivity index is 1.40. The second-order valence-corrected chi connectivity index (χ2v) is 6.07. The summed E-state index contributed by atoms with van der Waals surface area (Å²) in [5.41, 5.74) is 0.0715. The smallest absolute Gasteiger partial charge is 0.390 e. The van der Waals surface area contributed by atoms with E-state index in [-0.39, 0.29) is 5.95 Å². The first kappa shape index (κ1) is 19.1. The summed E-state index contributed by atoms with van der Waals surface area (Å²) in [6, 6.07) is 10.7. The van der Waals surface area contributed by atoms with Crippen LogP contribution in [0.25, 0.3) is 10.9 Å². The molecule has 144 valence electrons. The van der Waals surface area contributed by atoms with E-state index >= 15 is 0 Å². The van der Waals surface area contributed by atoms with Gasteiger partial charge in [0.15, 0.2) is 0 Å². The van der Waals surface area contributed by atoms with E-state index in [1.54, 1.807) is 0 Å². The molecule has 6 nitrogen and oxygen atoms in total. The normalized spacial score (nSPS) is 13.0. The summed E-state index contributed by atoms with van der Waals surface area (Å²) in [7, 11) is 0. The highest BCUT2D eigenvalue weighted by Gasteiger charge is 2.32. The highest BCUT2D eigenvalue weighted by atomic mass is 19.4. The molecule has 0 bridgehead atoms. The van der Waals surface area contributed by atoms with Gasteiger partial charge in [-0.2, -0.15) is 13.2 Å². The lowest BCUT2D eigenvalue weighted by atomic mass is 10.2. The Kier molecular flexibility index (Phi) is 5.92. The van der Waals surface area contributed by atoms with Gasteiger partial charge < -0.3 is 20.3 Å². The lowest BCUT2D eigenvalue weighted by molar-refractivity contribution is -0.141. The third kappa shape index (κ3) is 5.18. The molecule has 1 aromatic carbocycles. The van der Waals surface area contributed by atoms with Crippen molar-refractivity contribution in [2.45, 2.75) is 18.8 Å². The number of alkyl halides is 3. The Hall–Kier alpha value is -2.65. The molecule has 3 aromatic rings. The van der Waals surface area contributed by atoms with Crippen molar-refractivity contribution in [2.24, 2.45) is 0 Å². The molecular formula is C18H20F3N5O. The second-order valence-electron chi connectivity index (χ2n) is 6.07. The van der Waals surface area contributed by atoms with Crippen LogP contribution in [-0.4, -0.2) is 45.4 Å². The average molecular weight is 379 g/mol. The number of anilines is 1. The molecule has 3 N–H and O–H groups in total. The minimum atomic E-state index is -4.50. The van der Waals surface area contributed by atoms with Crippen molar-refractivity contribution in [1.82, 2.24) is 19.9 Å². The summed E-state index contributed by atoms with van der Waals surface area (Å²) in [5, 5.41) is 17.1. The third-order valence-electron chi connectivity index (χ3n) is 4.00. The van der Waals surface area contributed by atoms with Crippen LogP contribution in [0.3, 0.4) is 0 Å². The molecule has 0 saturated heterocycles. The number of hydrogen-bond donors (Lipinski definition) is 3. The van der Waals surface area contributed by atoms with Gasteiger partial charge in [-0.15, -0.1) is 0 Å². The molecule has 1 unspecified atom stereocenters. The van der Waals surface area contributed by atoms with Crippen molar-refractivity contribution in [2.75, 3.05) is 25.0 Å². The first-order valence-corrected chi connectivity index (χ1v) is 8.50. The largest absolute Gasteiger partial charge is 0.433 e. The van der Waals surface area contributed by atoms with E-state index in [4.69, 9.17) is 0 Å². The molecule has 0 radical (unpaired) electrons. The zero-order valence-corrected chi connectivity index (χ0v) is 14.4. The maximum Gasteiger partial charge on any atom is 0.433 e. The van der Waals surface area contributed by atoms with Crippen LogP contribution in [0, 0.1) is 0 Å². The molecule has 1 atom stereocenters. The van der Waals surface area contributed by atoms with Crippen molar-refractivity contribution in [3.8, 4) is 0 Å². The maximum atomic E-state index is 12.6. The lowest BCUT2D eigenvalue weighted by Gasteiger charge is -2.14. The van der Waals surface area contributed by atoms with Crippen LogP contribution in [0.2, 0.25) is 0 Å². The van der Waals surface area contributed by atoms with Crippen LogP contribution in [-0.2, 0) is 12.7 Å². The highest BCUT2D eigenvalue weighted by molar-refractivity contribution is 5.79. The molecule has 0 aliphatic rings. The third-order valence-corrected chi connectivity index (χ3v) is 4.00. The van der Waals surface area contributed by atoms with E-state index in [9.17, 15) is 18.3 Å². The fourth-order valence-corrected chi connectivity index (χ4v) is 2.72. The molecule has 0 saturated carbocycles. The summed E-state index contributed by atoms with van der Waals surface area (Å²) in [5.74, 6) is -0.0778. The summed E-state index contributed by atoms with van der Waals surface area (Å²) in [4.78, 5) is 7.19. The lowest BCUT2D eigenvalue weighted by Crippen LogP contribution is -2.33. The number of para-hydroxylation sites is 1. The van der Waals surface area contributed by atoms with E-state index in [1.165, 1.54) is 0 Å². The van der Waals surface area contributed by atoms with Gasteiger partial charge >= 0.3 is 6.18 Å². The molecule has 9 heteroatoms. The number of halogens is 3. The number of hydrogen-bond acceptors (Lipinski definition) is 5. The Labute approximate surface area is 154 Å². The zero-order valence-electron chi connectivity index (χ0n) is 14.4. The molecule has 27 heavy (non-hydrogen) atoms. The van der Waals surface area contributed by atoms with Crippen molar-refractivity contribution >= 4 is 16.9 Å². The number of rotatable bonds is 8. The van der Waals surface area contributed by atoms with Crippen molar-refractivity contribution < 1.29 is 18.3 Å². The minimum Gasteiger partial charge on any atom is -0.390 e. The quantitative estimate of drug-likeness (QED) is 0.525. The number of nitrogens with zero attached hydrogens (tertiary/aromatic N) is 3. The van der Waals surface area contributed by atoms with Crippen molar-refractivity contribution in [1.29, 1.82) is 0 Å². The zero-order chi connectivity index (χ0) is 19.3. The molecular weight excluding hydrogens is 359 g/mol. The van der Waals surface area contributed by atoms with E-state index in [0.29, 0.717) is 26.2 Å². The van der Waals surface area contributed by atoms with Gasteiger partial charge in [0.25, 0.3) is 0 Å². The van der Waals surface area contributed by atoms with Crippen LogP contribution in [0.15, 0.2) is 48.8 Å². The van der Waals surface area contributed by atoms with Crippen LogP contribution in [0.4, 0.5) is 19.1 Å². The molecule has 0 spiro atoms. The fourth-order valence-electron chi connectivity index (χ4n) is 2.72. The monoisotopic (exact) mass is 379 g/mol. The van der Waals surface area contributed by atoms with Gasteiger partial charge in [0.1, 0.15) is 5.69 Å². The van der Waals surface area contributed by atoms with E-state index in [2.05, 4.69) is 20.6 Å². The van der Waals surface area contributed by atoms with Crippen molar-refractivity contribution in [3.05, 3.63) is 54.5 Å². The maximum absolute atomic E-state index is 12.6. The SMILES string of the molecule is OC(CNCCNc1nccc(C(F)(F)F)n1)Cn1ccc2ccccc21. The average Bonchev–Trinajstić information content (AvgIpc) is 3.04. The minimum absolute atomic E-state index is 0.0778. The van der Waals surface area contributed by atoms with Crippen LogP contribution >= 0.6 is 0 Å². The van der Waals surface area contributed by atoms with Crippen LogP contribution in [0.5, 0.6) is 0 Å². The molecule has 0 aliphatic heterocycles. The van der Waals surface area contributed by atoms with Gasteiger partial charge in [0, 0.05) is 44.1 Å². The van der Waals surface area contributed by atoms with Gasteiger partial charge in [0.2, 0.25) is 5.95 Å². The number of nitrogens with one attached hydrogen (secondary N) is 2.